The number of rotatable bonds is 9. The molecule has 0 spiro atoms. The van der Waals surface area contributed by atoms with Crippen molar-refractivity contribution in [3.63, 3.8) is 0 Å². The van der Waals surface area contributed by atoms with Crippen LogP contribution in [0.15, 0.2) is 54.6 Å². The van der Waals surface area contributed by atoms with Crippen LogP contribution >= 0.6 is 0 Å². The summed E-state index contributed by atoms with van der Waals surface area (Å²) in [7, 11) is 4.81. The predicted molar refractivity (Wildman–Crippen MR) is 183 cm³/mol. The number of hydrogen-bond donors (Lipinski definition) is 4. The lowest BCUT2D eigenvalue weighted by molar-refractivity contribution is -0.131. The van der Waals surface area contributed by atoms with Gasteiger partial charge in [0.15, 0.2) is 0 Å². The average Bonchev–Trinajstić information content (AvgIpc) is 3.96. The smallest absolute Gasteiger partial charge is 0.242 e. The second kappa shape index (κ2) is 16.6. The molecule has 4 rings (SSSR count). The van der Waals surface area contributed by atoms with Crippen LogP contribution in [0, 0.1) is 22.7 Å². The highest BCUT2D eigenvalue weighted by Gasteiger charge is 2.47. The Hall–Kier alpha value is -3.88. The summed E-state index contributed by atoms with van der Waals surface area (Å²) >= 11 is 0. The molecule has 4 amide bonds. The molecule has 0 aromatic heterocycles. The molecule has 9 nitrogen and oxygen atoms in total. The van der Waals surface area contributed by atoms with Gasteiger partial charge in [-0.1, -0.05) is 97.9 Å². The van der Waals surface area contributed by atoms with Gasteiger partial charge in [-0.25, -0.2) is 0 Å². The Morgan fingerprint density at radius 1 is 0.674 bits per heavy atom. The highest BCUT2D eigenvalue weighted by atomic mass is 16.5. The van der Waals surface area contributed by atoms with Gasteiger partial charge in [0, 0.05) is 25.9 Å². The van der Waals surface area contributed by atoms with Crippen LogP contribution in [0.2, 0.25) is 0 Å². The largest absolute Gasteiger partial charge is 0.497 e. The van der Waals surface area contributed by atoms with Gasteiger partial charge < -0.3 is 26.0 Å². The quantitative estimate of drug-likeness (QED) is 0.302. The van der Waals surface area contributed by atoms with Crippen LogP contribution in [0.5, 0.6) is 5.75 Å². The van der Waals surface area contributed by atoms with Gasteiger partial charge >= 0.3 is 0 Å². The second-order valence-electron chi connectivity index (χ2n) is 13.9. The number of hydrogen-bond acceptors (Lipinski definition) is 5. The molecule has 46 heavy (non-hydrogen) atoms. The number of ether oxygens (including phenoxy) is 1. The number of likely N-dealkylation sites (N-methyl/N-ethyl adjacent to an activating group) is 2. The van der Waals surface area contributed by atoms with E-state index < -0.39 is 12.1 Å². The summed E-state index contributed by atoms with van der Waals surface area (Å²) in [5.74, 6) is 0.822. The fourth-order valence-electron chi connectivity index (χ4n) is 5.42. The summed E-state index contributed by atoms with van der Waals surface area (Å²) in [4.78, 5) is 48.9. The first-order valence-corrected chi connectivity index (χ1v) is 16.3. The van der Waals surface area contributed by atoms with Gasteiger partial charge in [-0.3, -0.25) is 19.2 Å². The molecule has 6 atom stereocenters. The van der Waals surface area contributed by atoms with Crippen LogP contribution in [0.1, 0.15) is 91.2 Å². The van der Waals surface area contributed by atoms with Gasteiger partial charge in [0.2, 0.25) is 23.6 Å². The van der Waals surface area contributed by atoms with E-state index in [0.717, 1.165) is 24.2 Å². The molecule has 0 radical (unpaired) electrons. The zero-order valence-corrected chi connectivity index (χ0v) is 29.6. The van der Waals surface area contributed by atoms with Gasteiger partial charge in [0.1, 0.15) is 17.8 Å². The summed E-state index contributed by atoms with van der Waals surface area (Å²) < 4.78 is 5.23. The Morgan fingerprint density at radius 2 is 1.09 bits per heavy atom. The first kappa shape index (κ1) is 38.3. The molecule has 2 aromatic rings. The lowest BCUT2D eigenvalue weighted by Gasteiger charge is -2.30. The fourth-order valence-corrected chi connectivity index (χ4v) is 5.42. The van der Waals surface area contributed by atoms with Gasteiger partial charge in [-0.2, -0.15) is 0 Å². The number of amides is 4. The molecule has 254 valence electrons. The highest BCUT2D eigenvalue weighted by Crippen LogP contribution is 2.49. The van der Waals surface area contributed by atoms with Crippen LogP contribution in [0.25, 0.3) is 0 Å². The second-order valence-corrected chi connectivity index (χ2v) is 13.9. The number of nitrogens with one attached hydrogen (secondary N) is 4. The molecule has 2 aromatic carbocycles. The van der Waals surface area contributed by atoms with Crippen molar-refractivity contribution in [1.82, 2.24) is 21.3 Å². The Labute approximate surface area is 276 Å². The van der Waals surface area contributed by atoms with Crippen LogP contribution in [0.4, 0.5) is 0 Å². The van der Waals surface area contributed by atoms with E-state index in [-0.39, 0.29) is 58.1 Å². The zero-order chi connectivity index (χ0) is 34.8. The van der Waals surface area contributed by atoms with E-state index in [4.69, 9.17) is 4.74 Å². The van der Waals surface area contributed by atoms with E-state index >= 15 is 0 Å². The summed E-state index contributed by atoms with van der Waals surface area (Å²) in [6.45, 7) is 15.7. The average molecular weight is 637 g/mol. The third-order valence-electron chi connectivity index (χ3n) is 8.33. The summed E-state index contributed by atoms with van der Waals surface area (Å²) in [5.41, 5.74) is 1.66. The maximum absolute atomic E-state index is 12.5. The first-order chi connectivity index (χ1) is 21.6. The van der Waals surface area contributed by atoms with Crippen LogP contribution < -0.4 is 26.0 Å². The summed E-state index contributed by atoms with van der Waals surface area (Å²) in [5, 5.41) is 11.1. The van der Waals surface area contributed by atoms with E-state index in [0.29, 0.717) is 0 Å². The molecule has 9 heteroatoms. The topological polar surface area (TPSA) is 126 Å². The molecular weight excluding hydrogens is 580 g/mol. The third-order valence-corrected chi connectivity index (χ3v) is 8.33. The standard InChI is InChI=1S/C18H26N2O3.C17H24N2O2.C2H6/c1-18(2,3)15(17(22)19-4)20-16(21)14-10-13(14)11-7-6-8-12(9-11)23-5;1-17(2,3)14(16(21)18-4)19-15(20)13-10-12(13)11-8-6-5-7-9-11;1-2/h6-9,13-15H,10H2,1-5H3,(H,19,22)(H,20,21);5-9,12-14H,10H2,1-4H3,(H,18,21)(H,19,20);1-2H3/t13-,14?,15?;12-,13-,14?;/m00./s1. The van der Waals surface area contributed by atoms with Crippen molar-refractivity contribution in [3.05, 3.63) is 65.7 Å². The lowest BCUT2D eigenvalue weighted by Crippen LogP contribution is -2.53. The first-order valence-electron chi connectivity index (χ1n) is 16.3. The number of carbonyl (C=O) groups is 4. The SMILES string of the molecule is CC.CNC(=O)C(NC(=O)C1C[C@H]1c1cccc(OC)c1)C(C)(C)C.CNC(=O)C(NC(=O)[C@H]1C[C@H]1c1ccccc1)C(C)(C)C. The molecule has 2 aliphatic carbocycles. The Balaban J connectivity index is 0.000000305. The van der Waals surface area contributed by atoms with Crippen molar-refractivity contribution in [3.8, 4) is 5.75 Å². The molecule has 2 saturated carbocycles. The molecule has 0 heterocycles. The van der Waals surface area contributed by atoms with E-state index in [1.54, 1.807) is 21.2 Å². The van der Waals surface area contributed by atoms with Gasteiger partial charge in [-0.05, 0) is 58.8 Å². The normalized spacial score (nSPS) is 20.9. The monoisotopic (exact) mass is 636 g/mol. The molecule has 0 saturated heterocycles. The van der Waals surface area contributed by atoms with Crippen molar-refractivity contribution in [2.24, 2.45) is 22.7 Å². The van der Waals surface area contributed by atoms with E-state index in [1.807, 2.05) is 97.9 Å². The maximum atomic E-state index is 12.5. The van der Waals surface area contributed by atoms with Crippen LogP contribution in [-0.4, -0.2) is 56.9 Å². The molecule has 2 fully saturated rings. The van der Waals surface area contributed by atoms with Gasteiger partial charge in [-0.15, -0.1) is 0 Å². The Kier molecular flexibility index (Phi) is 13.8. The number of benzene rings is 2. The zero-order valence-electron chi connectivity index (χ0n) is 29.6. The summed E-state index contributed by atoms with van der Waals surface area (Å²) in [6, 6.07) is 16.8. The van der Waals surface area contributed by atoms with Gasteiger partial charge in [0.05, 0.1) is 7.11 Å². The molecule has 2 aliphatic rings. The van der Waals surface area contributed by atoms with Crippen molar-refractivity contribution < 1.29 is 23.9 Å². The number of methoxy groups -OCH3 is 1. The maximum Gasteiger partial charge on any atom is 0.242 e. The van der Waals surface area contributed by atoms with Crippen molar-refractivity contribution in [2.75, 3.05) is 21.2 Å². The van der Waals surface area contributed by atoms with Crippen molar-refractivity contribution in [1.29, 1.82) is 0 Å². The minimum atomic E-state index is -0.536. The van der Waals surface area contributed by atoms with Crippen molar-refractivity contribution in [2.45, 2.75) is 92.2 Å². The number of carbonyl (C=O) groups excluding carboxylic acids is 4. The summed E-state index contributed by atoms with van der Waals surface area (Å²) in [6.07, 6.45) is 1.67. The minimum Gasteiger partial charge on any atom is -0.497 e. The Morgan fingerprint density at radius 3 is 1.48 bits per heavy atom. The predicted octanol–water partition coefficient (Wildman–Crippen LogP) is 5.17. The van der Waals surface area contributed by atoms with E-state index in [1.165, 1.54) is 5.56 Å². The molecule has 0 bridgehead atoms. The van der Waals surface area contributed by atoms with E-state index in [2.05, 4.69) is 33.4 Å². The molecule has 3 unspecified atom stereocenters. The highest BCUT2D eigenvalue weighted by molar-refractivity contribution is 5.91. The lowest BCUT2D eigenvalue weighted by atomic mass is 9.86. The van der Waals surface area contributed by atoms with Gasteiger partial charge in [0.25, 0.3) is 0 Å². The van der Waals surface area contributed by atoms with E-state index in [9.17, 15) is 19.2 Å². The minimum absolute atomic E-state index is 0.0121. The van der Waals surface area contributed by atoms with Crippen LogP contribution in [-0.2, 0) is 19.2 Å². The Bertz CT molecular complexity index is 1320. The molecular formula is C37H56N4O5. The van der Waals surface area contributed by atoms with Crippen LogP contribution in [0.3, 0.4) is 0 Å². The fraction of sp³-hybridized carbons (Fsp3) is 0.568. The molecule has 4 N–H and O–H groups in total. The van der Waals surface area contributed by atoms with Crippen molar-refractivity contribution >= 4 is 23.6 Å². The molecule has 0 aliphatic heterocycles. The third kappa shape index (κ3) is 10.6.